The van der Waals surface area contributed by atoms with Crippen LogP contribution in [-0.4, -0.2) is 50.2 Å². The number of pyridine rings is 1. The molecule has 2 aliphatic rings. The molecular weight excluding hydrogens is 448 g/mol. The van der Waals surface area contributed by atoms with Crippen molar-refractivity contribution in [3.63, 3.8) is 0 Å². The number of anilines is 2. The van der Waals surface area contributed by atoms with E-state index in [2.05, 4.69) is 48.0 Å². The molecule has 1 aliphatic heterocycles. The van der Waals surface area contributed by atoms with Crippen molar-refractivity contribution in [2.45, 2.75) is 46.1 Å². The summed E-state index contributed by atoms with van der Waals surface area (Å²) in [6.07, 6.45) is 3.27. The molecule has 6 nitrogen and oxygen atoms in total. The maximum Gasteiger partial charge on any atom is 0.252 e. The molecule has 2 atom stereocenters. The number of methoxy groups -OCH3 is 1. The molecule has 0 spiro atoms. The van der Waals surface area contributed by atoms with E-state index >= 15 is 0 Å². The second-order valence-electron chi connectivity index (χ2n) is 11.3. The van der Waals surface area contributed by atoms with Gasteiger partial charge in [0.15, 0.2) is 0 Å². The number of carbonyl (C=O) groups excluding carboxylic acids is 1. The number of amides is 1. The minimum atomic E-state index is 0.0154. The Morgan fingerprint density at radius 3 is 2.39 bits per heavy atom. The number of nitrogens with one attached hydrogen (secondary N) is 1. The summed E-state index contributed by atoms with van der Waals surface area (Å²) >= 11 is 0. The molecule has 0 radical (unpaired) electrons. The normalized spacial score (nSPS) is 21.9. The number of aromatic nitrogens is 1. The Bertz CT molecular complexity index is 1220. The highest BCUT2D eigenvalue weighted by atomic mass is 16.5. The van der Waals surface area contributed by atoms with Crippen molar-refractivity contribution < 1.29 is 9.53 Å². The summed E-state index contributed by atoms with van der Waals surface area (Å²) in [5.74, 6) is 2.38. The Hall–Kier alpha value is -3.28. The number of nitrogens with zero attached hydrogens (tertiary/aromatic N) is 3. The topological polar surface area (TPSA) is 57.7 Å². The van der Waals surface area contributed by atoms with Crippen LogP contribution >= 0.6 is 0 Å². The Morgan fingerprint density at radius 2 is 1.69 bits per heavy atom. The number of fused-ring (bicyclic) bond motifs is 1. The first-order valence-electron chi connectivity index (χ1n) is 13.2. The summed E-state index contributed by atoms with van der Waals surface area (Å²) in [5, 5.41) is 4.29. The minimum Gasteiger partial charge on any atom is -0.497 e. The van der Waals surface area contributed by atoms with Crippen molar-refractivity contribution in [3.05, 3.63) is 60.2 Å². The predicted octanol–water partition coefficient (Wildman–Crippen LogP) is 5.51. The molecule has 1 aliphatic carbocycles. The third-order valence-corrected chi connectivity index (χ3v) is 7.71. The smallest absolute Gasteiger partial charge is 0.252 e. The maximum absolute atomic E-state index is 13.6. The van der Waals surface area contributed by atoms with Crippen molar-refractivity contribution in [3.8, 4) is 5.75 Å². The summed E-state index contributed by atoms with van der Waals surface area (Å²) in [7, 11) is 1.69. The highest BCUT2D eigenvalue weighted by molar-refractivity contribution is 6.07. The van der Waals surface area contributed by atoms with Crippen molar-refractivity contribution in [1.29, 1.82) is 0 Å². The third kappa shape index (κ3) is 5.28. The van der Waals surface area contributed by atoms with Crippen LogP contribution in [0.4, 0.5) is 11.5 Å². The van der Waals surface area contributed by atoms with Crippen LogP contribution in [0.2, 0.25) is 0 Å². The van der Waals surface area contributed by atoms with Gasteiger partial charge in [0.2, 0.25) is 0 Å². The predicted molar refractivity (Wildman–Crippen MR) is 147 cm³/mol. The number of ether oxygens (including phenoxy) is 1. The van der Waals surface area contributed by atoms with Gasteiger partial charge in [-0.1, -0.05) is 39.0 Å². The number of benzene rings is 2. The number of rotatable bonds is 5. The van der Waals surface area contributed by atoms with Gasteiger partial charge < -0.3 is 19.9 Å². The summed E-state index contributed by atoms with van der Waals surface area (Å²) < 4.78 is 5.29. The second-order valence-corrected chi connectivity index (χ2v) is 11.3. The molecule has 1 saturated carbocycles. The van der Waals surface area contributed by atoms with Crippen LogP contribution in [0.5, 0.6) is 5.75 Å². The van der Waals surface area contributed by atoms with Gasteiger partial charge in [-0.05, 0) is 67.0 Å². The van der Waals surface area contributed by atoms with Crippen LogP contribution in [0, 0.1) is 11.3 Å². The summed E-state index contributed by atoms with van der Waals surface area (Å²) in [5.41, 5.74) is 3.05. The monoisotopic (exact) mass is 486 g/mol. The highest BCUT2D eigenvalue weighted by Crippen LogP contribution is 2.38. The fourth-order valence-electron chi connectivity index (χ4n) is 6.22. The van der Waals surface area contributed by atoms with Gasteiger partial charge >= 0.3 is 0 Å². The van der Waals surface area contributed by atoms with Gasteiger partial charge in [-0.15, -0.1) is 0 Å². The van der Waals surface area contributed by atoms with Gasteiger partial charge in [0.25, 0.3) is 5.91 Å². The number of carbonyl (C=O) groups is 1. The zero-order valence-corrected chi connectivity index (χ0v) is 22.0. The third-order valence-electron chi connectivity index (χ3n) is 7.71. The van der Waals surface area contributed by atoms with Crippen molar-refractivity contribution in [2.75, 3.05) is 43.1 Å². The molecule has 1 amide bonds. The van der Waals surface area contributed by atoms with E-state index in [9.17, 15) is 4.79 Å². The molecule has 1 saturated heterocycles. The van der Waals surface area contributed by atoms with Crippen molar-refractivity contribution >= 4 is 28.3 Å². The van der Waals surface area contributed by atoms with Crippen molar-refractivity contribution in [2.24, 2.45) is 11.3 Å². The van der Waals surface area contributed by atoms with Crippen LogP contribution in [0.1, 0.15) is 50.4 Å². The summed E-state index contributed by atoms with van der Waals surface area (Å²) in [6.45, 7) is 10.4. The first-order valence-corrected chi connectivity index (χ1v) is 13.2. The van der Waals surface area contributed by atoms with E-state index in [1.54, 1.807) is 7.11 Å². The molecule has 2 aromatic carbocycles. The lowest BCUT2D eigenvalue weighted by Crippen LogP contribution is -2.47. The van der Waals surface area contributed by atoms with Crippen LogP contribution < -0.4 is 19.9 Å². The fourth-order valence-corrected chi connectivity index (χ4v) is 6.22. The highest BCUT2D eigenvalue weighted by Gasteiger charge is 2.33. The van der Waals surface area contributed by atoms with E-state index in [1.807, 2.05) is 42.5 Å². The summed E-state index contributed by atoms with van der Waals surface area (Å²) in [4.78, 5) is 23.2. The quantitative estimate of drug-likeness (QED) is 0.515. The van der Waals surface area contributed by atoms with Crippen LogP contribution in [0.25, 0.3) is 10.9 Å². The first kappa shape index (κ1) is 24.4. The van der Waals surface area contributed by atoms with Gasteiger partial charge in [0, 0.05) is 43.3 Å². The largest absolute Gasteiger partial charge is 0.497 e. The van der Waals surface area contributed by atoms with Gasteiger partial charge in [-0.3, -0.25) is 4.79 Å². The SMILES string of the molecule is COc1ccc(N2CCN(c3cc(C(=O)N[C@@H]4C[C@H](C)CC(C)(C)C4)c4ccccc4n3)CC2)cc1. The molecular formula is C30H38N4O2. The average Bonchev–Trinajstić information content (AvgIpc) is 2.87. The van der Waals surface area contributed by atoms with E-state index in [-0.39, 0.29) is 17.4 Å². The number of hydrogen-bond acceptors (Lipinski definition) is 5. The molecule has 1 aromatic heterocycles. The Balaban J connectivity index is 1.34. The van der Waals surface area contributed by atoms with Crippen LogP contribution in [0.15, 0.2) is 54.6 Å². The maximum atomic E-state index is 13.6. The Morgan fingerprint density at radius 1 is 1.00 bits per heavy atom. The number of hydrogen-bond donors (Lipinski definition) is 1. The average molecular weight is 487 g/mol. The minimum absolute atomic E-state index is 0.0154. The van der Waals surface area contributed by atoms with Gasteiger partial charge in [-0.2, -0.15) is 0 Å². The molecule has 3 aromatic rings. The fraction of sp³-hybridized carbons (Fsp3) is 0.467. The van der Waals surface area contributed by atoms with Crippen molar-refractivity contribution in [1.82, 2.24) is 10.3 Å². The zero-order valence-electron chi connectivity index (χ0n) is 22.0. The van der Waals surface area contributed by atoms with E-state index in [0.717, 1.165) is 67.1 Å². The van der Waals surface area contributed by atoms with Crippen LogP contribution in [0.3, 0.4) is 0 Å². The van der Waals surface area contributed by atoms with E-state index in [0.29, 0.717) is 5.92 Å². The molecule has 6 heteroatoms. The molecule has 36 heavy (non-hydrogen) atoms. The molecule has 1 N–H and O–H groups in total. The Kier molecular flexibility index (Phi) is 6.78. The standard InChI is InChI=1S/C30H38N4O2/c1-21-17-22(20-30(2,3)19-21)31-29(35)26-18-28(32-27-8-6-5-7-25(26)27)34-15-13-33(14-16-34)23-9-11-24(36-4)12-10-23/h5-12,18,21-22H,13-17,19-20H2,1-4H3,(H,31,35)/t21-,22+/m0/s1. The zero-order chi connectivity index (χ0) is 25.3. The molecule has 0 bridgehead atoms. The lowest BCUT2D eigenvalue weighted by atomic mass is 9.70. The number of para-hydroxylation sites is 1. The second kappa shape index (κ2) is 10.00. The number of piperazine rings is 1. The molecule has 2 fully saturated rings. The lowest BCUT2D eigenvalue weighted by molar-refractivity contribution is 0.0876. The van der Waals surface area contributed by atoms with E-state index < -0.39 is 0 Å². The molecule has 0 unspecified atom stereocenters. The van der Waals surface area contributed by atoms with E-state index in [4.69, 9.17) is 9.72 Å². The van der Waals surface area contributed by atoms with Gasteiger partial charge in [0.1, 0.15) is 11.6 Å². The summed E-state index contributed by atoms with van der Waals surface area (Å²) in [6, 6.07) is 18.4. The molecule has 5 rings (SSSR count). The molecule has 190 valence electrons. The van der Waals surface area contributed by atoms with Gasteiger partial charge in [-0.25, -0.2) is 4.98 Å². The Labute approximate surface area is 214 Å². The molecule has 2 heterocycles. The van der Waals surface area contributed by atoms with Crippen LogP contribution in [-0.2, 0) is 0 Å². The van der Waals surface area contributed by atoms with Gasteiger partial charge in [0.05, 0.1) is 18.2 Å². The lowest BCUT2D eigenvalue weighted by Gasteiger charge is -2.39. The first-order chi connectivity index (χ1) is 17.3. The van der Waals surface area contributed by atoms with E-state index in [1.165, 1.54) is 12.1 Å².